The number of hydrogen-bond acceptors (Lipinski definition) is 2. The molecule has 16 heavy (non-hydrogen) atoms. The van der Waals surface area contributed by atoms with Gasteiger partial charge in [0, 0.05) is 11.7 Å². The minimum Gasteiger partial charge on any atom is -0.399 e. The molecule has 1 aliphatic rings. The van der Waals surface area contributed by atoms with Crippen molar-refractivity contribution in [3.05, 3.63) is 29.8 Å². The van der Waals surface area contributed by atoms with Crippen LogP contribution in [-0.2, 0) is 0 Å². The van der Waals surface area contributed by atoms with Crippen LogP contribution in [0.5, 0.6) is 0 Å². The maximum absolute atomic E-state index is 5.84. The maximum Gasteiger partial charge on any atom is 0.0320 e. The van der Waals surface area contributed by atoms with E-state index in [0.717, 1.165) is 5.69 Å². The molecule has 0 bridgehead atoms. The molecule has 0 spiro atoms. The van der Waals surface area contributed by atoms with Crippen molar-refractivity contribution >= 4 is 5.69 Å². The van der Waals surface area contributed by atoms with Crippen LogP contribution in [0.15, 0.2) is 24.3 Å². The van der Waals surface area contributed by atoms with Gasteiger partial charge in [0.25, 0.3) is 0 Å². The monoisotopic (exact) mass is 218 g/mol. The highest BCUT2D eigenvalue weighted by Crippen LogP contribution is 2.24. The largest absolute Gasteiger partial charge is 0.399 e. The molecule has 1 aliphatic heterocycles. The van der Waals surface area contributed by atoms with E-state index in [-0.39, 0.29) is 0 Å². The molecule has 2 heteroatoms. The number of anilines is 1. The SMILES string of the molecule is CC(c1cccc(N)c1)N1CCCCCC1. The van der Waals surface area contributed by atoms with Crippen LogP contribution < -0.4 is 5.73 Å². The van der Waals surface area contributed by atoms with E-state index in [4.69, 9.17) is 5.73 Å². The Morgan fingerprint density at radius 3 is 2.44 bits per heavy atom. The molecular weight excluding hydrogens is 196 g/mol. The fraction of sp³-hybridized carbons (Fsp3) is 0.571. The van der Waals surface area contributed by atoms with Gasteiger partial charge in [-0.25, -0.2) is 0 Å². The summed E-state index contributed by atoms with van der Waals surface area (Å²) in [6.07, 6.45) is 5.46. The zero-order valence-electron chi connectivity index (χ0n) is 10.2. The molecule has 1 unspecified atom stereocenters. The van der Waals surface area contributed by atoms with Crippen LogP contribution in [0.4, 0.5) is 5.69 Å². The summed E-state index contributed by atoms with van der Waals surface area (Å²) >= 11 is 0. The molecule has 0 aromatic heterocycles. The van der Waals surface area contributed by atoms with Gasteiger partial charge in [0.2, 0.25) is 0 Å². The molecule has 0 aliphatic carbocycles. The van der Waals surface area contributed by atoms with Gasteiger partial charge in [-0.05, 0) is 50.6 Å². The van der Waals surface area contributed by atoms with Crippen LogP contribution in [0.1, 0.15) is 44.2 Å². The van der Waals surface area contributed by atoms with E-state index in [1.54, 1.807) is 0 Å². The molecular formula is C14H22N2. The van der Waals surface area contributed by atoms with Crippen molar-refractivity contribution in [3.63, 3.8) is 0 Å². The van der Waals surface area contributed by atoms with Gasteiger partial charge in [0.1, 0.15) is 0 Å². The lowest BCUT2D eigenvalue weighted by atomic mass is 10.1. The van der Waals surface area contributed by atoms with Gasteiger partial charge in [-0.2, -0.15) is 0 Å². The summed E-state index contributed by atoms with van der Waals surface area (Å²) in [5.41, 5.74) is 8.06. The van der Waals surface area contributed by atoms with Gasteiger partial charge in [-0.1, -0.05) is 25.0 Å². The highest BCUT2D eigenvalue weighted by Gasteiger charge is 2.16. The van der Waals surface area contributed by atoms with Gasteiger partial charge in [0.15, 0.2) is 0 Å². The van der Waals surface area contributed by atoms with Crippen molar-refractivity contribution in [1.82, 2.24) is 4.90 Å². The molecule has 2 rings (SSSR count). The van der Waals surface area contributed by atoms with Crippen molar-refractivity contribution in [2.45, 2.75) is 38.6 Å². The number of hydrogen-bond donors (Lipinski definition) is 1. The smallest absolute Gasteiger partial charge is 0.0320 e. The predicted molar refractivity (Wildman–Crippen MR) is 69.3 cm³/mol. The quantitative estimate of drug-likeness (QED) is 0.772. The van der Waals surface area contributed by atoms with E-state index >= 15 is 0 Å². The van der Waals surface area contributed by atoms with E-state index in [1.807, 2.05) is 6.07 Å². The fourth-order valence-corrected chi connectivity index (χ4v) is 2.51. The lowest BCUT2D eigenvalue weighted by Crippen LogP contribution is -2.27. The second-order valence-corrected chi connectivity index (χ2v) is 4.80. The van der Waals surface area contributed by atoms with Crippen LogP contribution in [0.2, 0.25) is 0 Å². The van der Waals surface area contributed by atoms with Crippen molar-refractivity contribution < 1.29 is 0 Å². The summed E-state index contributed by atoms with van der Waals surface area (Å²) in [6.45, 7) is 4.76. The first-order valence-corrected chi connectivity index (χ1v) is 6.37. The lowest BCUT2D eigenvalue weighted by Gasteiger charge is -2.28. The number of rotatable bonds is 2. The Balaban J connectivity index is 2.07. The van der Waals surface area contributed by atoms with Gasteiger partial charge < -0.3 is 5.73 Å². The van der Waals surface area contributed by atoms with E-state index < -0.39 is 0 Å². The summed E-state index contributed by atoms with van der Waals surface area (Å²) < 4.78 is 0. The Kier molecular flexibility index (Phi) is 3.83. The third kappa shape index (κ3) is 2.76. The highest BCUT2D eigenvalue weighted by molar-refractivity contribution is 5.41. The first kappa shape index (κ1) is 11.5. The van der Waals surface area contributed by atoms with Gasteiger partial charge in [-0.15, -0.1) is 0 Å². The van der Waals surface area contributed by atoms with Crippen LogP contribution in [-0.4, -0.2) is 18.0 Å². The van der Waals surface area contributed by atoms with Crippen molar-refractivity contribution in [2.75, 3.05) is 18.8 Å². The zero-order chi connectivity index (χ0) is 11.4. The fourth-order valence-electron chi connectivity index (χ4n) is 2.51. The molecule has 2 nitrogen and oxygen atoms in total. The summed E-state index contributed by atoms with van der Waals surface area (Å²) in [6, 6.07) is 8.81. The second kappa shape index (κ2) is 5.35. The second-order valence-electron chi connectivity index (χ2n) is 4.80. The summed E-state index contributed by atoms with van der Waals surface area (Å²) in [4.78, 5) is 2.59. The summed E-state index contributed by atoms with van der Waals surface area (Å²) in [5, 5.41) is 0. The minimum absolute atomic E-state index is 0.501. The normalized spacial score (nSPS) is 20.3. The molecule has 0 saturated carbocycles. The topological polar surface area (TPSA) is 29.3 Å². The molecule has 1 atom stereocenters. The average Bonchev–Trinajstić information content (AvgIpc) is 2.56. The Labute approximate surface area is 98.4 Å². The first-order valence-electron chi connectivity index (χ1n) is 6.37. The molecule has 1 aromatic rings. The highest BCUT2D eigenvalue weighted by atomic mass is 15.1. The Morgan fingerprint density at radius 2 is 1.81 bits per heavy atom. The van der Waals surface area contributed by atoms with E-state index in [0.29, 0.717) is 6.04 Å². The van der Waals surface area contributed by atoms with Crippen LogP contribution >= 0.6 is 0 Å². The molecule has 0 radical (unpaired) electrons. The van der Waals surface area contributed by atoms with Crippen LogP contribution in [0.25, 0.3) is 0 Å². The Bertz CT molecular complexity index is 327. The van der Waals surface area contributed by atoms with E-state index in [2.05, 4.69) is 30.0 Å². The van der Waals surface area contributed by atoms with E-state index in [9.17, 15) is 0 Å². The maximum atomic E-state index is 5.84. The average molecular weight is 218 g/mol. The van der Waals surface area contributed by atoms with Gasteiger partial charge >= 0.3 is 0 Å². The number of nitrogens with two attached hydrogens (primary N) is 1. The number of likely N-dealkylation sites (tertiary alicyclic amines) is 1. The number of benzene rings is 1. The van der Waals surface area contributed by atoms with Gasteiger partial charge in [-0.3, -0.25) is 4.90 Å². The number of nitrogen functional groups attached to an aromatic ring is 1. The minimum atomic E-state index is 0.501. The molecule has 1 saturated heterocycles. The predicted octanol–water partition coefficient (Wildman–Crippen LogP) is 3.21. The molecule has 1 fully saturated rings. The Morgan fingerprint density at radius 1 is 1.12 bits per heavy atom. The molecule has 2 N–H and O–H groups in total. The standard InChI is InChI=1S/C14H22N2/c1-12(13-7-6-8-14(15)11-13)16-9-4-2-3-5-10-16/h6-8,11-12H,2-5,9-10,15H2,1H3. The first-order chi connectivity index (χ1) is 7.77. The van der Waals surface area contributed by atoms with Crippen LogP contribution in [0.3, 0.4) is 0 Å². The molecule has 88 valence electrons. The van der Waals surface area contributed by atoms with Crippen molar-refractivity contribution in [2.24, 2.45) is 0 Å². The molecule has 1 heterocycles. The van der Waals surface area contributed by atoms with Crippen molar-refractivity contribution in [3.8, 4) is 0 Å². The summed E-state index contributed by atoms with van der Waals surface area (Å²) in [7, 11) is 0. The van der Waals surface area contributed by atoms with Crippen molar-refractivity contribution in [1.29, 1.82) is 0 Å². The summed E-state index contributed by atoms with van der Waals surface area (Å²) in [5.74, 6) is 0. The third-order valence-corrected chi connectivity index (χ3v) is 3.58. The lowest BCUT2D eigenvalue weighted by molar-refractivity contribution is 0.219. The molecule has 0 amide bonds. The number of nitrogens with zero attached hydrogens (tertiary/aromatic N) is 1. The zero-order valence-corrected chi connectivity index (χ0v) is 10.2. The van der Waals surface area contributed by atoms with Crippen LogP contribution in [0, 0.1) is 0 Å². The third-order valence-electron chi connectivity index (χ3n) is 3.58. The van der Waals surface area contributed by atoms with E-state index in [1.165, 1.54) is 44.3 Å². The Hall–Kier alpha value is -1.02. The molecule has 1 aromatic carbocycles. The van der Waals surface area contributed by atoms with Gasteiger partial charge in [0.05, 0.1) is 0 Å².